The van der Waals surface area contributed by atoms with Crippen molar-refractivity contribution in [2.24, 2.45) is 0 Å². The molecule has 0 unspecified atom stereocenters. The maximum atomic E-state index is 8.78. The van der Waals surface area contributed by atoms with Crippen molar-refractivity contribution in [3.63, 3.8) is 0 Å². The van der Waals surface area contributed by atoms with Crippen molar-refractivity contribution < 1.29 is 0 Å². The Balaban J connectivity index is 1.77. The number of rotatable bonds is 3. The smallest absolute Gasteiger partial charge is 0.189 e. The van der Waals surface area contributed by atoms with Gasteiger partial charge in [-0.05, 0) is 25.0 Å². The standard InChI is InChI=1S/C13H13N5S/c14-8-10-9-15-13(19-10)17-11-4-3-5-12(16-11)18-6-1-2-7-18/h3-5,9H,1-2,6-7H2,(H,15,16,17). The average molecular weight is 271 g/mol. The molecule has 0 amide bonds. The normalized spacial score (nSPS) is 14.4. The Morgan fingerprint density at radius 3 is 2.89 bits per heavy atom. The first kappa shape index (κ1) is 11.9. The van der Waals surface area contributed by atoms with Crippen molar-refractivity contribution >= 4 is 28.1 Å². The number of thiazole rings is 1. The van der Waals surface area contributed by atoms with Crippen LogP contribution in [-0.2, 0) is 0 Å². The summed E-state index contributed by atoms with van der Waals surface area (Å²) in [5.74, 6) is 1.77. The van der Waals surface area contributed by atoms with Crippen LogP contribution in [0.1, 0.15) is 17.7 Å². The highest BCUT2D eigenvalue weighted by Gasteiger charge is 2.13. The molecule has 1 saturated heterocycles. The molecule has 2 aromatic rings. The van der Waals surface area contributed by atoms with E-state index in [0.717, 1.165) is 24.7 Å². The summed E-state index contributed by atoms with van der Waals surface area (Å²) >= 11 is 1.33. The van der Waals surface area contributed by atoms with Crippen LogP contribution in [0.2, 0.25) is 0 Å². The molecular weight excluding hydrogens is 258 g/mol. The molecule has 3 rings (SSSR count). The monoisotopic (exact) mass is 271 g/mol. The van der Waals surface area contributed by atoms with Crippen LogP contribution in [0.25, 0.3) is 0 Å². The molecule has 0 atom stereocenters. The molecule has 0 bridgehead atoms. The van der Waals surface area contributed by atoms with E-state index in [1.54, 1.807) is 6.20 Å². The summed E-state index contributed by atoms with van der Waals surface area (Å²) in [6, 6.07) is 8.00. The molecule has 19 heavy (non-hydrogen) atoms. The molecule has 0 spiro atoms. The van der Waals surface area contributed by atoms with Crippen LogP contribution in [0.3, 0.4) is 0 Å². The first-order valence-electron chi connectivity index (χ1n) is 6.20. The Morgan fingerprint density at radius 2 is 2.16 bits per heavy atom. The van der Waals surface area contributed by atoms with Gasteiger partial charge in [-0.1, -0.05) is 17.4 Å². The van der Waals surface area contributed by atoms with Crippen LogP contribution in [0, 0.1) is 11.3 Å². The quantitative estimate of drug-likeness (QED) is 0.930. The first-order chi connectivity index (χ1) is 9.35. The zero-order valence-corrected chi connectivity index (χ0v) is 11.2. The van der Waals surface area contributed by atoms with E-state index >= 15 is 0 Å². The Hall–Kier alpha value is -2.13. The molecule has 5 nitrogen and oxygen atoms in total. The van der Waals surface area contributed by atoms with Crippen LogP contribution in [-0.4, -0.2) is 23.1 Å². The number of hydrogen-bond acceptors (Lipinski definition) is 6. The summed E-state index contributed by atoms with van der Waals surface area (Å²) in [6.45, 7) is 2.15. The van der Waals surface area contributed by atoms with Gasteiger partial charge in [-0.3, -0.25) is 0 Å². The van der Waals surface area contributed by atoms with Gasteiger partial charge < -0.3 is 10.2 Å². The molecule has 6 heteroatoms. The van der Waals surface area contributed by atoms with Crippen molar-refractivity contribution in [2.75, 3.05) is 23.3 Å². The van der Waals surface area contributed by atoms with Crippen LogP contribution in [0.5, 0.6) is 0 Å². The summed E-state index contributed by atoms with van der Waals surface area (Å²) < 4.78 is 0. The number of aromatic nitrogens is 2. The van der Waals surface area contributed by atoms with Crippen molar-refractivity contribution in [2.45, 2.75) is 12.8 Å². The van der Waals surface area contributed by atoms with Gasteiger partial charge in [-0.2, -0.15) is 5.26 Å². The summed E-state index contributed by atoms with van der Waals surface area (Å²) in [5, 5.41) is 12.6. The third-order valence-electron chi connectivity index (χ3n) is 3.02. The topological polar surface area (TPSA) is 64.8 Å². The van der Waals surface area contributed by atoms with Crippen LogP contribution >= 0.6 is 11.3 Å². The lowest BCUT2D eigenvalue weighted by atomic mass is 10.4. The molecular formula is C13H13N5S. The molecule has 1 N–H and O–H groups in total. The number of nitrogens with zero attached hydrogens (tertiary/aromatic N) is 4. The van der Waals surface area contributed by atoms with Crippen molar-refractivity contribution in [1.82, 2.24) is 9.97 Å². The van der Waals surface area contributed by atoms with Crippen LogP contribution in [0.4, 0.5) is 16.8 Å². The van der Waals surface area contributed by atoms with Crippen molar-refractivity contribution in [3.8, 4) is 6.07 Å². The van der Waals surface area contributed by atoms with Crippen LogP contribution < -0.4 is 10.2 Å². The molecule has 1 fully saturated rings. The summed E-state index contributed by atoms with van der Waals surface area (Å²) in [5.41, 5.74) is 0. The fourth-order valence-electron chi connectivity index (χ4n) is 2.11. The minimum absolute atomic E-state index is 0.596. The zero-order valence-electron chi connectivity index (χ0n) is 10.3. The lowest BCUT2D eigenvalue weighted by Gasteiger charge is -2.16. The van der Waals surface area contributed by atoms with Gasteiger partial charge in [0, 0.05) is 13.1 Å². The lowest BCUT2D eigenvalue weighted by molar-refractivity contribution is 0.939. The third-order valence-corrected chi connectivity index (χ3v) is 3.83. The zero-order chi connectivity index (χ0) is 13.1. The number of pyridine rings is 1. The largest absolute Gasteiger partial charge is 0.357 e. The van der Waals surface area contributed by atoms with Gasteiger partial charge in [-0.25, -0.2) is 9.97 Å². The fraction of sp³-hybridized carbons (Fsp3) is 0.308. The molecule has 96 valence electrons. The lowest BCUT2D eigenvalue weighted by Crippen LogP contribution is -2.19. The first-order valence-corrected chi connectivity index (χ1v) is 7.02. The van der Waals surface area contributed by atoms with Gasteiger partial charge in [0.2, 0.25) is 0 Å². The third kappa shape index (κ3) is 2.66. The Bertz CT molecular complexity index is 609. The average Bonchev–Trinajstić information content (AvgIpc) is 3.10. The van der Waals surface area contributed by atoms with Gasteiger partial charge in [0.05, 0.1) is 6.20 Å². The maximum Gasteiger partial charge on any atom is 0.189 e. The van der Waals surface area contributed by atoms with Gasteiger partial charge in [-0.15, -0.1) is 0 Å². The molecule has 0 saturated carbocycles. The summed E-state index contributed by atoms with van der Waals surface area (Å²) in [7, 11) is 0. The van der Waals surface area contributed by atoms with Gasteiger partial charge in [0.15, 0.2) is 5.13 Å². The second kappa shape index (κ2) is 5.24. The predicted octanol–water partition coefficient (Wildman–Crippen LogP) is 2.75. The highest BCUT2D eigenvalue weighted by atomic mass is 32.1. The van der Waals surface area contributed by atoms with E-state index in [9.17, 15) is 0 Å². The fourth-order valence-corrected chi connectivity index (χ4v) is 2.73. The van der Waals surface area contributed by atoms with E-state index < -0.39 is 0 Å². The second-order valence-corrected chi connectivity index (χ2v) is 5.37. The molecule has 3 heterocycles. The van der Waals surface area contributed by atoms with Gasteiger partial charge in [0.25, 0.3) is 0 Å². The van der Waals surface area contributed by atoms with E-state index in [-0.39, 0.29) is 0 Å². The minimum Gasteiger partial charge on any atom is -0.357 e. The van der Waals surface area contributed by atoms with E-state index in [1.165, 1.54) is 24.2 Å². The SMILES string of the molecule is N#Cc1cnc(Nc2cccc(N3CCCC3)n2)s1. The minimum atomic E-state index is 0.596. The number of hydrogen-bond donors (Lipinski definition) is 1. The Kier molecular flexibility index (Phi) is 3.29. The maximum absolute atomic E-state index is 8.78. The number of nitriles is 1. The molecule has 2 aromatic heterocycles. The molecule has 0 radical (unpaired) electrons. The van der Waals surface area contributed by atoms with Gasteiger partial charge >= 0.3 is 0 Å². The number of nitrogens with one attached hydrogen (secondary N) is 1. The van der Waals surface area contributed by atoms with Gasteiger partial charge in [0.1, 0.15) is 22.6 Å². The summed E-state index contributed by atoms with van der Waals surface area (Å²) in [6.07, 6.45) is 4.03. The van der Waals surface area contributed by atoms with Crippen LogP contribution in [0.15, 0.2) is 24.4 Å². The van der Waals surface area contributed by atoms with E-state index in [4.69, 9.17) is 5.26 Å². The predicted molar refractivity (Wildman–Crippen MR) is 75.8 cm³/mol. The highest BCUT2D eigenvalue weighted by molar-refractivity contribution is 7.16. The highest BCUT2D eigenvalue weighted by Crippen LogP contribution is 2.23. The van der Waals surface area contributed by atoms with E-state index in [1.807, 2.05) is 18.2 Å². The summed E-state index contributed by atoms with van der Waals surface area (Å²) in [4.78, 5) is 11.6. The number of anilines is 3. The molecule has 0 aromatic carbocycles. The molecule has 1 aliphatic heterocycles. The Labute approximate surface area is 115 Å². The van der Waals surface area contributed by atoms with Crippen molar-refractivity contribution in [3.05, 3.63) is 29.3 Å². The molecule has 0 aliphatic carbocycles. The van der Waals surface area contributed by atoms with E-state index in [2.05, 4.69) is 26.3 Å². The van der Waals surface area contributed by atoms with E-state index in [0.29, 0.717) is 10.0 Å². The molecule has 1 aliphatic rings. The second-order valence-electron chi connectivity index (χ2n) is 4.34. The van der Waals surface area contributed by atoms with Crippen molar-refractivity contribution in [1.29, 1.82) is 5.26 Å². The Morgan fingerprint density at radius 1 is 1.32 bits per heavy atom.